The first kappa shape index (κ1) is 17.6. The third kappa shape index (κ3) is 3.36. The Morgan fingerprint density at radius 2 is 1.16 bits per heavy atom. The largest absolute Gasteiger partial charge is 0.355 e. The Morgan fingerprint density at radius 1 is 0.613 bits per heavy atom. The summed E-state index contributed by atoms with van der Waals surface area (Å²) in [7, 11) is 0. The van der Waals surface area contributed by atoms with Crippen LogP contribution in [0.2, 0.25) is 0 Å². The molecule has 31 heavy (non-hydrogen) atoms. The van der Waals surface area contributed by atoms with Crippen LogP contribution in [0.5, 0.6) is 0 Å². The number of nitrogens with one attached hydrogen (secondary N) is 2. The molecule has 4 aromatic rings. The van der Waals surface area contributed by atoms with Crippen molar-refractivity contribution in [3.05, 3.63) is 89.3 Å². The van der Waals surface area contributed by atoms with Crippen LogP contribution < -0.4 is 0 Å². The van der Waals surface area contributed by atoms with Crippen LogP contribution in [0.15, 0.2) is 60.8 Å². The number of H-pyrrole nitrogens is 2. The van der Waals surface area contributed by atoms with Crippen molar-refractivity contribution in [2.24, 2.45) is 0 Å². The number of aryl methyl sites for hydroxylation is 1. The minimum absolute atomic E-state index is 0.897. The summed E-state index contributed by atoms with van der Waals surface area (Å²) in [5.74, 6) is 0. The maximum atomic E-state index is 4.91. The van der Waals surface area contributed by atoms with Crippen LogP contribution in [0, 0.1) is 6.92 Å². The van der Waals surface area contributed by atoms with E-state index in [1.807, 2.05) is 31.3 Å². The van der Waals surface area contributed by atoms with E-state index in [4.69, 9.17) is 9.97 Å². The number of hydrogen-bond acceptors (Lipinski definition) is 3. The van der Waals surface area contributed by atoms with Gasteiger partial charge in [0.05, 0.1) is 22.8 Å². The average molecular weight is 401 g/mol. The van der Waals surface area contributed by atoms with Gasteiger partial charge in [-0.1, -0.05) is 0 Å². The molecule has 0 radical (unpaired) electrons. The molecule has 0 spiro atoms. The molecule has 0 atom stereocenters. The molecule has 0 saturated heterocycles. The maximum absolute atomic E-state index is 4.91. The SMILES string of the molecule is Cc1cc(-c2c3nc(cc4ccc(cc5ccc(cc6nc2C=C6)[nH]5)[nH]4)C=C3)ccn1. The smallest absolute Gasteiger partial charge is 0.0737 e. The lowest BCUT2D eigenvalue weighted by molar-refractivity contribution is 1.20. The van der Waals surface area contributed by atoms with Crippen molar-refractivity contribution < 1.29 is 0 Å². The molecule has 0 saturated carbocycles. The molecule has 4 aromatic heterocycles. The van der Waals surface area contributed by atoms with Gasteiger partial charge < -0.3 is 9.97 Å². The molecule has 0 aromatic carbocycles. The second-order valence-corrected chi connectivity index (χ2v) is 7.74. The van der Waals surface area contributed by atoms with E-state index < -0.39 is 0 Å². The van der Waals surface area contributed by atoms with E-state index in [9.17, 15) is 0 Å². The second kappa shape index (κ2) is 6.92. The molecule has 0 amide bonds. The summed E-state index contributed by atoms with van der Waals surface area (Å²) >= 11 is 0. The minimum Gasteiger partial charge on any atom is -0.355 e. The number of fused-ring (bicyclic) bond motifs is 8. The number of rotatable bonds is 1. The first-order valence-electron chi connectivity index (χ1n) is 10.2. The van der Waals surface area contributed by atoms with E-state index >= 15 is 0 Å². The van der Waals surface area contributed by atoms with E-state index in [-0.39, 0.29) is 0 Å². The first-order chi connectivity index (χ1) is 15.2. The van der Waals surface area contributed by atoms with Gasteiger partial charge in [0.2, 0.25) is 0 Å². The van der Waals surface area contributed by atoms with Crippen molar-refractivity contribution in [2.45, 2.75) is 6.92 Å². The zero-order valence-electron chi connectivity index (χ0n) is 16.9. The van der Waals surface area contributed by atoms with Gasteiger partial charge in [0.15, 0.2) is 0 Å². The number of nitrogens with zero attached hydrogens (tertiary/aromatic N) is 3. The van der Waals surface area contributed by atoms with Crippen LogP contribution in [0.1, 0.15) is 28.5 Å². The van der Waals surface area contributed by atoms with Crippen LogP contribution in [-0.2, 0) is 0 Å². The van der Waals surface area contributed by atoms with Gasteiger partial charge in [-0.15, -0.1) is 0 Å². The van der Waals surface area contributed by atoms with Crippen LogP contribution in [0.4, 0.5) is 0 Å². The molecule has 0 aliphatic carbocycles. The van der Waals surface area contributed by atoms with E-state index in [0.29, 0.717) is 0 Å². The Balaban J connectivity index is 1.72. The molecule has 8 bridgehead atoms. The first-order valence-corrected chi connectivity index (χ1v) is 10.2. The van der Waals surface area contributed by atoms with Crippen LogP contribution in [0.25, 0.3) is 57.5 Å². The molecular weight excluding hydrogens is 382 g/mol. The molecule has 5 nitrogen and oxygen atoms in total. The Bertz CT molecular complexity index is 1460. The molecule has 6 heterocycles. The number of aromatic amines is 2. The molecule has 2 aliphatic rings. The zero-order chi connectivity index (χ0) is 20.8. The Hall–Kier alpha value is -4.25. The lowest BCUT2D eigenvalue weighted by Gasteiger charge is -2.05. The fraction of sp³-hybridized carbons (Fsp3) is 0.0385. The number of aromatic nitrogens is 5. The highest BCUT2D eigenvalue weighted by Gasteiger charge is 2.14. The van der Waals surface area contributed by atoms with Crippen molar-refractivity contribution in [3.63, 3.8) is 0 Å². The molecule has 6 rings (SSSR count). The average Bonchev–Trinajstić information content (AvgIpc) is 3.53. The standard InChI is InChI=1S/C26H19N5/c1-16-12-17(10-11-27-16)26-24-8-6-22(30-24)14-20-4-2-18(28-20)13-19-3-5-21(29-19)15-23-7-9-25(26)31-23/h2-15,28-29H,1H3. The summed E-state index contributed by atoms with van der Waals surface area (Å²) in [5, 5.41) is 0. The highest BCUT2D eigenvalue weighted by molar-refractivity contribution is 5.89. The lowest BCUT2D eigenvalue weighted by atomic mass is 10.0. The van der Waals surface area contributed by atoms with Gasteiger partial charge >= 0.3 is 0 Å². The number of pyridine rings is 1. The van der Waals surface area contributed by atoms with Crippen molar-refractivity contribution in [3.8, 4) is 11.1 Å². The van der Waals surface area contributed by atoms with E-state index in [2.05, 4.69) is 75.6 Å². The summed E-state index contributed by atoms with van der Waals surface area (Å²) in [4.78, 5) is 21.0. The van der Waals surface area contributed by atoms with Crippen LogP contribution >= 0.6 is 0 Å². The van der Waals surface area contributed by atoms with E-state index in [1.54, 1.807) is 0 Å². The predicted molar refractivity (Wildman–Crippen MR) is 127 cm³/mol. The van der Waals surface area contributed by atoms with Gasteiger partial charge in [0.1, 0.15) is 0 Å². The van der Waals surface area contributed by atoms with Crippen molar-refractivity contribution >= 4 is 46.4 Å². The second-order valence-electron chi connectivity index (χ2n) is 7.74. The quantitative estimate of drug-likeness (QED) is 0.354. The normalized spacial score (nSPS) is 12.4. The van der Waals surface area contributed by atoms with Gasteiger partial charge in [0.25, 0.3) is 0 Å². The summed E-state index contributed by atoms with van der Waals surface area (Å²) in [5.41, 5.74) is 10.7. The van der Waals surface area contributed by atoms with Gasteiger partial charge in [-0.05, 0) is 91.4 Å². The molecule has 2 aliphatic heterocycles. The summed E-state index contributed by atoms with van der Waals surface area (Å²) in [6, 6.07) is 18.6. The fourth-order valence-corrected chi connectivity index (χ4v) is 4.01. The predicted octanol–water partition coefficient (Wildman–Crippen LogP) is 6.03. The monoisotopic (exact) mass is 401 g/mol. The van der Waals surface area contributed by atoms with E-state index in [0.717, 1.165) is 61.7 Å². The molecular formula is C26H19N5. The zero-order valence-corrected chi connectivity index (χ0v) is 16.9. The van der Waals surface area contributed by atoms with Crippen LogP contribution in [0.3, 0.4) is 0 Å². The molecule has 2 N–H and O–H groups in total. The van der Waals surface area contributed by atoms with Crippen molar-refractivity contribution in [1.82, 2.24) is 24.9 Å². The third-order valence-corrected chi connectivity index (χ3v) is 5.40. The summed E-state index contributed by atoms with van der Waals surface area (Å²) in [6.45, 7) is 2.00. The van der Waals surface area contributed by atoms with Crippen LogP contribution in [-0.4, -0.2) is 24.9 Å². The lowest BCUT2D eigenvalue weighted by Crippen LogP contribution is -1.90. The van der Waals surface area contributed by atoms with Gasteiger partial charge in [0, 0.05) is 39.5 Å². The highest BCUT2D eigenvalue weighted by Crippen LogP contribution is 2.31. The maximum Gasteiger partial charge on any atom is 0.0737 e. The molecule has 0 unspecified atom stereocenters. The molecule has 148 valence electrons. The van der Waals surface area contributed by atoms with Gasteiger partial charge in [-0.25, -0.2) is 9.97 Å². The van der Waals surface area contributed by atoms with Crippen molar-refractivity contribution in [1.29, 1.82) is 0 Å². The Labute approximate surface area is 178 Å². The Morgan fingerprint density at radius 3 is 1.71 bits per heavy atom. The molecule has 0 fully saturated rings. The van der Waals surface area contributed by atoms with Gasteiger partial charge in [-0.3, -0.25) is 4.98 Å². The summed E-state index contributed by atoms with van der Waals surface area (Å²) in [6.07, 6.45) is 10.0. The highest BCUT2D eigenvalue weighted by atomic mass is 14.8. The topological polar surface area (TPSA) is 70.2 Å². The van der Waals surface area contributed by atoms with Crippen molar-refractivity contribution in [2.75, 3.05) is 0 Å². The van der Waals surface area contributed by atoms with Gasteiger partial charge in [-0.2, -0.15) is 0 Å². The van der Waals surface area contributed by atoms with E-state index in [1.165, 1.54) is 0 Å². The Kier molecular flexibility index (Phi) is 3.93. The number of hydrogen-bond donors (Lipinski definition) is 2. The molecule has 5 heteroatoms. The summed E-state index contributed by atoms with van der Waals surface area (Å²) < 4.78 is 0. The third-order valence-electron chi connectivity index (χ3n) is 5.40. The fourth-order valence-electron chi connectivity index (χ4n) is 4.01. The minimum atomic E-state index is 0.897.